The Morgan fingerprint density at radius 1 is 0.588 bits per heavy atom. The van der Waals surface area contributed by atoms with Crippen molar-refractivity contribution in [1.29, 1.82) is 0 Å². The van der Waals surface area contributed by atoms with Crippen molar-refractivity contribution in [2.75, 3.05) is 0 Å². The second-order valence-corrected chi connectivity index (χ2v) is 14.8. The van der Waals surface area contributed by atoms with Crippen LogP contribution in [0.1, 0.15) is 31.9 Å². The molecule has 3 aliphatic rings. The monoisotopic (exact) mass is 655 g/mol. The van der Waals surface area contributed by atoms with Gasteiger partial charge in [0.05, 0.1) is 16.7 Å². The molecule has 0 N–H and O–H groups in total. The molecule has 0 fully saturated rings. The first kappa shape index (κ1) is 29.8. The van der Waals surface area contributed by atoms with Crippen LogP contribution in [-0.2, 0) is 5.41 Å². The van der Waals surface area contributed by atoms with Crippen molar-refractivity contribution in [3.05, 3.63) is 181 Å². The van der Waals surface area contributed by atoms with E-state index in [0.717, 1.165) is 33.7 Å². The van der Waals surface area contributed by atoms with E-state index in [0.29, 0.717) is 11.7 Å². The molecule has 51 heavy (non-hydrogen) atoms. The van der Waals surface area contributed by atoms with Gasteiger partial charge in [-0.1, -0.05) is 160 Å². The van der Waals surface area contributed by atoms with E-state index in [1.807, 2.05) is 24.3 Å². The topological polar surface area (TPSA) is 30.7 Å². The number of aromatic nitrogens is 3. The molecule has 5 aromatic carbocycles. The summed E-state index contributed by atoms with van der Waals surface area (Å²) in [5.74, 6) is 1.93. The zero-order chi connectivity index (χ0) is 34.3. The van der Waals surface area contributed by atoms with Gasteiger partial charge in [-0.05, 0) is 51.6 Å². The first-order valence-corrected chi connectivity index (χ1v) is 17.9. The van der Waals surface area contributed by atoms with Gasteiger partial charge in [0.15, 0.2) is 5.82 Å². The molecule has 2 atom stereocenters. The number of nitrogens with zero attached hydrogens (tertiary/aromatic N) is 3. The van der Waals surface area contributed by atoms with Crippen molar-refractivity contribution in [3.8, 4) is 39.6 Å². The summed E-state index contributed by atoms with van der Waals surface area (Å²) in [6, 6.07) is 45.5. The van der Waals surface area contributed by atoms with Gasteiger partial charge in [-0.2, -0.15) is 0 Å². The predicted octanol–water partition coefficient (Wildman–Crippen LogP) is 11.9. The van der Waals surface area contributed by atoms with Crippen molar-refractivity contribution in [1.82, 2.24) is 14.5 Å². The Hall–Kier alpha value is -6.06. The normalized spacial score (nSPS) is 19.8. The van der Waals surface area contributed by atoms with E-state index in [1.165, 1.54) is 44.2 Å². The number of fused-ring (bicyclic) bond motifs is 7. The van der Waals surface area contributed by atoms with Crippen molar-refractivity contribution in [3.63, 3.8) is 0 Å². The van der Waals surface area contributed by atoms with Crippen molar-refractivity contribution < 1.29 is 0 Å². The number of para-hydroxylation sites is 1. The number of hydrogen-bond donors (Lipinski definition) is 0. The molecule has 0 aliphatic heterocycles. The van der Waals surface area contributed by atoms with Gasteiger partial charge in [-0.25, -0.2) is 9.97 Å². The van der Waals surface area contributed by atoms with E-state index >= 15 is 0 Å². The average molecular weight is 656 g/mol. The molecule has 2 aromatic heterocycles. The molecular weight excluding hydrogens is 619 g/mol. The van der Waals surface area contributed by atoms with Gasteiger partial charge in [0.2, 0.25) is 0 Å². The lowest BCUT2D eigenvalue weighted by Gasteiger charge is -2.39. The first-order valence-electron chi connectivity index (χ1n) is 17.9. The maximum atomic E-state index is 5.25. The quantitative estimate of drug-likeness (QED) is 0.189. The predicted molar refractivity (Wildman–Crippen MR) is 212 cm³/mol. The molecule has 10 rings (SSSR count). The Bertz CT molecular complexity index is 2610. The highest BCUT2D eigenvalue weighted by atomic mass is 15.1. The van der Waals surface area contributed by atoms with Gasteiger partial charge >= 0.3 is 0 Å². The van der Waals surface area contributed by atoms with Crippen LogP contribution in [0.5, 0.6) is 0 Å². The van der Waals surface area contributed by atoms with E-state index in [4.69, 9.17) is 9.97 Å². The zero-order valence-corrected chi connectivity index (χ0v) is 29.0. The highest BCUT2D eigenvalue weighted by molar-refractivity contribution is 6.10. The lowest BCUT2D eigenvalue weighted by atomic mass is 9.64. The minimum Gasteiger partial charge on any atom is -0.294 e. The Kier molecular flexibility index (Phi) is 6.41. The summed E-state index contributed by atoms with van der Waals surface area (Å²) in [5.41, 5.74) is 13.2. The van der Waals surface area contributed by atoms with E-state index in [1.54, 1.807) is 0 Å². The second-order valence-electron chi connectivity index (χ2n) is 14.8. The summed E-state index contributed by atoms with van der Waals surface area (Å²) in [6.07, 6.45) is 14.0. The van der Waals surface area contributed by atoms with Crippen LogP contribution in [0.2, 0.25) is 0 Å². The fraction of sp³-hybridized carbons (Fsp3) is 0.125. The number of benzene rings is 5. The third-order valence-electron chi connectivity index (χ3n) is 11.5. The van der Waals surface area contributed by atoms with Crippen LogP contribution in [0.3, 0.4) is 0 Å². The lowest BCUT2D eigenvalue weighted by Crippen LogP contribution is -2.29. The van der Waals surface area contributed by atoms with Gasteiger partial charge in [0, 0.05) is 44.7 Å². The fourth-order valence-electron chi connectivity index (χ4n) is 8.82. The number of hydrogen-bond acceptors (Lipinski definition) is 2. The van der Waals surface area contributed by atoms with Crippen molar-refractivity contribution in [2.45, 2.75) is 26.2 Å². The van der Waals surface area contributed by atoms with Crippen LogP contribution in [0, 0.1) is 11.3 Å². The van der Waals surface area contributed by atoms with Crippen molar-refractivity contribution >= 4 is 27.4 Å². The summed E-state index contributed by atoms with van der Waals surface area (Å²) < 4.78 is 2.32. The Morgan fingerprint density at radius 3 is 2.12 bits per heavy atom. The summed E-state index contributed by atoms with van der Waals surface area (Å²) >= 11 is 0. The Labute approximate surface area is 298 Å². The number of allylic oxidation sites excluding steroid dienone is 8. The molecule has 3 heteroatoms. The highest BCUT2D eigenvalue weighted by Gasteiger charge is 2.47. The standard InChI is InChI=1S/C48H37N3/c1-47(2)39-26-23-35-18-12-13-27-48(35,3)45(39)38-25-22-33(28-40(38)47)34-21-24-37-36-19-10-11-20-42(36)51(43(37)29-34)44-30-41(31-14-6-4-7-15-31)49-46(50-44)32-16-8-5-9-17-32/h4-30,35H,1-3H3. The third-order valence-corrected chi connectivity index (χ3v) is 11.5. The molecular formula is C48H37N3. The highest BCUT2D eigenvalue weighted by Crippen LogP contribution is 2.59. The molecule has 3 aliphatic carbocycles. The minimum absolute atomic E-state index is 0.0442. The summed E-state index contributed by atoms with van der Waals surface area (Å²) in [4.78, 5) is 10.3. The lowest BCUT2D eigenvalue weighted by molar-refractivity contribution is 0.466. The largest absolute Gasteiger partial charge is 0.294 e. The van der Waals surface area contributed by atoms with Crippen LogP contribution in [0.25, 0.3) is 67.0 Å². The maximum absolute atomic E-state index is 5.25. The van der Waals surface area contributed by atoms with Crippen LogP contribution in [0.4, 0.5) is 0 Å². The number of rotatable bonds is 4. The van der Waals surface area contributed by atoms with Crippen LogP contribution in [0.15, 0.2) is 169 Å². The molecule has 0 spiro atoms. The van der Waals surface area contributed by atoms with E-state index < -0.39 is 0 Å². The average Bonchev–Trinajstić information content (AvgIpc) is 3.63. The molecule has 0 saturated heterocycles. The van der Waals surface area contributed by atoms with Gasteiger partial charge in [-0.15, -0.1) is 0 Å². The summed E-state index contributed by atoms with van der Waals surface area (Å²) in [6.45, 7) is 7.18. The van der Waals surface area contributed by atoms with E-state index in [-0.39, 0.29) is 10.8 Å². The van der Waals surface area contributed by atoms with Crippen LogP contribution >= 0.6 is 0 Å². The first-order chi connectivity index (χ1) is 24.9. The van der Waals surface area contributed by atoms with E-state index in [9.17, 15) is 0 Å². The van der Waals surface area contributed by atoms with Crippen molar-refractivity contribution in [2.24, 2.45) is 11.3 Å². The van der Waals surface area contributed by atoms with Gasteiger partial charge in [0.25, 0.3) is 0 Å². The molecule has 2 unspecified atom stereocenters. The summed E-state index contributed by atoms with van der Waals surface area (Å²) in [5, 5.41) is 2.41. The molecule has 0 saturated carbocycles. The zero-order valence-electron chi connectivity index (χ0n) is 29.0. The molecule has 2 heterocycles. The van der Waals surface area contributed by atoms with Gasteiger partial charge in [-0.3, -0.25) is 4.57 Å². The fourth-order valence-corrected chi connectivity index (χ4v) is 8.82. The maximum Gasteiger partial charge on any atom is 0.162 e. The summed E-state index contributed by atoms with van der Waals surface area (Å²) in [7, 11) is 0. The van der Waals surface area contributed by atoms with Gasteiger partial charge < -0.3 is 0 Å². The minimum atomic E-state index is -0.0954. The van der Waals surface area contributed by atoms with Gasteiger partial charge in [0.1, 0.15) is 5.82 Å². The van der Waals surface area contributed by atoms with Crippen LogP contribution in [-0.4, -0.2) is 14.5 Å². The molecule has 0 radical (unpaired) electrons. The smallest absolute Gasteiger partial charge is 0.162 e. The third kappa shape index (κ3) is 4.44. The Balaban J connectivity index is 1.16. The Morgan fingerprint density at radius 2 is 1.29 bits per heavy atom. The SMILES string of the molecule is CC1(C)C2=C(c3ccc(-c4ccc5c6ccccc6n(-c6cc(-c7ccccc7)nc(-c7ccccc7)n6)c5c4)cc31)C1(C)C=CC=CC1C=C2. The molecule has 244 valence electrons. The molecule has 0 bridgehead atoms. The molecule has 7 aromatic rings. The second kappa shape index (κ2) is 11.0. The van der Waals surface area contributed by atoms with Crippen LogP contribution < -0.4 is 0 Å². The molecule has 3 nitrogen and oxygen atoms in total. The molecule has 0 amide bonds. The van der Waals surface area contributed by atoms with E-state index in [2.05, 4.69) is 165 Å².